The summed E-state index contributed by atoms with van der Waals surface area (Å²) < 4.78 is 0. The summed E-state index contributed by atoms with van der Waals surface area (Å²) in [6, 6.07) is 1.95. The van der Waals surface area contributed by atoms with Crippen LogP contribution in [-0.2, 0) is 0 Å². The summed E-state index contributed by atoms with van der Waals surface area (Å²) in [7, 11) is 0. The summed E-state index contributed by atoms with van der Waals surface area (Å²) in [5.41, 5.74) is 0.666. The fraction of sp³-hybridized carbons (Fsp3) is 0.500. The van der Waals surface area contributed by atoms with Gasteiger partial charge in [0.15, 0.2) is 0 Å². The molecule has 0 aromatic carbocycles. The fourth-order valence-corrected chi connectivity index (χ4v) is 0.327. The Morgan fingerprint density at radius 1 is 1.88 bits per heavy atom. The first-order chi connectivity index (χ1) is 3.81. The molecule has 2 heteroatoms. The molecule has 2 nitrogen and oxygen atoms in total. The predicted octanol–water partition coefficient (Wildman–Crippen LogP) is 0.839. The molecule has 0 aliphatic rings. The summed E-state index contributed by atoms with van der Waals surface area (Å²) in [5.74, 6) is 0. The highest BCUT2D eigenvalue weighted by molar-refractivity contribution is 5.16. The molecular formula is C6H9NO. The van der Waals surface area contributed by atoms with E-state index in [1.54, 1.807) is 13.0 Å². The van der Waals surface area contributed by atoms with Crippen molar-refractivity contribution in [3.05, 3.63) is 11.6 Å². The molecule has 0 spiro atoms. The molecule has 0 unspecified atom stereocenters. The zero-order chi connectivity index (χ0) is 6.41. The van der Waals surface area contributed by atoms with Gasteiger partial charge in [0.1, 0.15) is 0 Å². The molecule has 0 fully saturated rings. The van der Waals surface area contributed by atoms with Gasteiger partial charge in [-0.3, -0.25) is 0 Å². The van der Waals surface area contributed by atoms with Crippen LogP contribution in [0.3, 0.4) is 0 Å². The van der Waals surface area contributed by atoms with Gasteiger partial charge in [-0.25, -0.2) is 0 Å². The van der Waals surface area contributed by atoms with E-state index in [2.05, 4.69) is 0 Å². The molecule has 0 bridgehead atoms. The van der Waals surface area contributed by atoms with Crippen LogP contribution in [0.2, 0.25) is 0 Å². The van der Waals surface area contributed by atoms with Gasteiger partial charge in [0.25, 0.3) is 0 Å². The third-order valence-electron chi connectivity index (χ3n) is 0.756. The minimum Gasteiger partial charge on any atom is -0.396 e. The van der Waals surface area contributed by atoms with Crippen LogP contribution in [0.15, 0.2) is 11.6 Å². The molecule has 0 rings (SSSR count). The molecule has 0 saturated heterocycles. The first-order valence-electron chi connectivity index (χ1n) is 2.49. The molecule has 0 saturated carbocycles. The zero-order valence-corrected chi connectivity index (χ0v) is 4.89. The molecule has 1 N–H and O–H groups in total. The third kappa shape index (κ3) is 3.38. The van der Waals surface area contributed by atoms with Crippen LogP contribution in [0, 0.1) is 11.3 Å². The number of rotatable bonds is 2. The molecule has 0 heterocycles. The van der Waals surface area contributed by atoms with Gasteiger partial charge in [-0.15, -0.1) is 0 Å². The second kappa shape index (κ2) is 4.35. The maximum Gasteiger partial charge on any atom is 0.0940 e. The number of nitriles is 1. The third-order valence-corrected chi connectivity index (χ3v) is 0.756. The normalized spacial score (nSPS) is 10.9. The van der Waals surface area contributed by atoms with Crippen LogP contribution in [-0.4, -0.2) is 11.7 Å². The Balaban J connectivity index is 3.46. The highest BCUT2D eigenvalue weighted by atomic mass is 16.2. The van der Waals surface area contributed by atoms with Gasteiger partial charge in [-0.05, 0) is 13.3 Å². The average Bonchev–Trinajstić information content (AvgIpc) is 1.83. The number of aliphatic hydroxyl groups is 1. The Labute approximate surface area is 49.1 Å². The Morgan fingerprint density at radius 2 is 2.50 bits per heavy atom. The van der Waals surface area contributed by atoms with Gasteiger partial charge >= 0.3 is 0 Å². The van der Waals surface area contributed by atoms with E-state index >= 15 is 0 Å². The highest BCUT2D eigenvalue weighted by Gasteiger charge is 1.80. The fourth-order valence-electron chi connectivity index (χ4n) is 0.327. The molecule has 0 aliphatic heterocycles. The Morgan fingerprint density at radius 3 is 2.88 bits per heavy atom. The van der Waals surface area contributed by atoms with Crippen molar-refractivity contribution in [1.29, 1.82) is 5.26 Å². The SMILES string of the molecule is C/C(C#N)=C\CCO. The van der Waals surface area contributed by atoms with E-state index in [0.29, 0.717) is 12.0 Å². The molecule has 0 aliphatic carbocycles. The van der Waals surface area contributed by atoms with E-state index in [-0.39, 0.29) is 6.61 Å². The molecule has 0 aromatic rings. The first kappa shape index (κ1) is 7.19. The molecule has 8 heavy (non-hydrogen) atoms. The zero-order valence-electron chi connectivity index (χ0n) is 4.89. The second-order valence-electron chi connectivity index (χ2n) is 1.51. The number of allylic oxidation sites excluding steroid dienone is 1. The van der Waals surface area contributed by atoms with E-state index in [1.165, 1.54) is 0 Å². The summed E-state index contributed by atoms with van der Waals surface area (Å²) in [5, 5.41) is 16.4. The lowest BCUT2D eigenvalue weighted by atomic mass is 10.3. The van der Waals surface area contributed by atoms with Gasteiger partial charge in [0, 0.05) is 12.2 Å². The molecule has 0 atom stereocenters. The largest absolute Gasteiger partial charge is 0.396 e. The Kier molecular flexibility index (Phi) is 3.91. The van der Waals surface area contributed by atoms with E-state index in [9.17, 15) is 0 Å². The van der Waals surface area contributed by atoms with Crippen LogP contribution in [0.1, 0.15) is 13.3 Å². The smallest absolute Gasteiger partial charge is 0.0940 e. The maximum absolute atomic E-state index is 8.26. The molecule has 0 aromatic heterocycles. The molecule has 0 amide bonds. The lowest BCUT2D eigenvalue weighted by molar-refractivity contribution is 0.302. The van der Waals surface area contributed by atoms with Crippen molar-refractivity contribution in [2.24, 2.45) is 0 Å². The lowest BCUT2D eigenvalue weighted by Crippen LogP contribution is -1.77. The van der Waals surface area contributed by atoms with Crippen molar-refractivity contribution in [2.45, 2.75) is 13.3 Å². The standard InChI is InChI=1S/C6H9NO/c1-6(5-7)3-2-4-8/h3,8H,2,4H2,1H3/b6-3+. The van der Waals surface area contributed by atoms with Gasteiger partial charge in [-0.2, -0.15) is 5.26 Å². The highest BCUT2D eigenvalue weighted by Crippen LogP contribution is 1.90. The van der Waals surface area contributed by atoms with Crippen LogP contribution in [0.5, 0.6) is 0 Å². The number of aliphatic hydroxyl groups excluding tert-OH is 1. The topological polar surface area (TPSA) is 44.0 Å². The van der Waals surface area contributed by atoms with Crippen molar-refractivity contribution in [3.63, 3.8) is 0 Å². The first-order valence-corrected chi connectivity index (χ1v) is 2.49. The van der Waals surface area contributed by atoms with Crippen molar-refractivity contribution in [3.8, 4) is 6.07 Å². The monoisotopic (exact) mass is 111 g/mol. The molecule has 0 radical (unpaired) electrons. The van der Waals surface area contributed by atoms with Crippen LogP contribution < -0.4 is 0 Å². The van der Waals surface area contributed by atoms with Gasteiger partial charge in [0.05, 0.1) is 6.07 Å². The number of nitrogens with zero attached hydrogens (tertiary/aromatic N) is 1. The van der Waals surface area contributed by atoms with Crippen LogP contribution >= 0.6 is 0 Å². The molecular weight excluding hydrogens is 102 g/mol. The average molecular weight is 111 g/mol. The van der Waals surface area contributed by atoms with E-state index in [4.69, 9.17) is 10.4 Å². The van der Waals surface area contributed by atoms with Crippen LogP contribution in [0.25, 0.3) is 0 Å². The number of hydrogen-bond acceptors (Lipinski definition) is 2. The lowest BCUT2D eigenvalue weighted by Gasteiger charge is -1.82. The van der Waals surface area contributed by atoms with Crippen molar-refractivity contribution >= 4 is 0 Å². The quantitative estimate of drug-likeness (QED) is 0.536. The summed E-state index contributed by atoms with van der Waals surface area (Å²) in [6.45, 7) is 1.84. The minimum atomic E-state index is 0.124. The van der Waals surface area contributed by atoms with Gasteiger partial charge in [-0.1, -0.05) is 6.08 Å². The van der Waals surface area contributed by atoms with E-state index in [1.807, 2.05) is 6.07 Å². The minimum absolute atomic E-state index is 0.124. The number of hydrogen-bond donors (Lipinski definition) is 1. The van der Waals surface area contributed by atoms with Crippen LogP contribution in [0.4, 0.5) is 0 Å². The summed E-state index contributed by atoms with van der Waals surface area (Å²) in [4.78, 5) is 0. The second-order valence-corrected chi connectivity index (χ2v) is 1.51. The van der Waals surface area contributed by atoms with Crippen molar-refractivity contribution in [2.75, 3.05) is 6.61 Å². The summed E-state index contributed by atoms with van der Waals surface area (Å²) in [6.07, 6.45) is 2.29. The summed E-state index contributed by atoms with van der Waals surface area (Å²) >= 11 is 0. The maximum atomic E-state index is 8.26. The molecule has 44 valence electrons. The van der Waals surface area contributed by atoms with Crippen molar-refractivity contribution in [1.82, 2.24) is 0 Å². The van der Waals surface area contributed by atoms with Gasteiger partial charge in [0.2, 0.25) is 0 Å². The Hall–Kier alpha value is -0.810. The Bertz CT molecular complexity index is 121. The van der Waals surface area contributed by atoms with E-state index < -0.39 is 0 Å². The van der Waals surface area contributed by atoms with E-state index in [0.717, 1.165) is 0 Å². The predicted molar refractivity (Wildman–Crippen MR) is 31.1 cm³/mol. The van der Waals surface area contributed by atoms with Crippen molar-refractivity contribution < 1.29 is 5.11 Å². The van der Waals surface area contributed by atoms with Gasteiger partial charge < -0.3 is 5.11 Å².